The average Bonchev–Trinajstić information content (AvgIpc) is 2.99. The molecule has 0 aliphatic rings. The summed E-state index contributed by atoms with van der Waals surface area (Å²) in [6.45, 7) is 0. The number of benzene rings is 1. The van der Waals surface area contributed by atoms with E-state index in [-0.39, 0.29) is 5.91 Å². The molecule has 98 valence electrons. The minimum atomic E-state index is -0.127. The van der Waals surface area contributed by atoms with Crippen molar-refractivity contribution in [3.63, 3.8) is 0 Å². The van der Waals surface area contributed by atoms with Crippen LogP contribution >= 0.6 is 11.3 Å². The minimum Gasteiger partial charge on any atom is -0.306 e. The summed E-state index contributed by atoms with van der Waals surface area (Å²) < 4.78 is 0. The Hall–Kier alpha value is -2.46. The van der Waals surface area contributed by atoms with Crippen LogP contribution in [0.2, 0.25) is 0 Å². The van der Waals surface area contributed by atoms with E-state index in [1.54, 1.807) is 12.3 Å². The van der Waals surface area contributed by atoms with Gasteiger partial charge in [0.15, 0.2) is 0 Å². The van der Waals surface area contributed by atoms with Gasteiger partial charge >= 0.3 is 0 Å². The van der Waals surface area contributed by atoms with Crippen molar-refractivity contribution in [1.82, 2.24) is 4.98 Å². The molecule has 1 N–H and O–H groups in total. The van der Waals surface area contributed by atoms with Crippen molar-refractivity contribution in [2.45, 2.75) is 0 Å². The van der Waals surface area contributed by atoms with Crippen LogP contribution in [0, 0.1) is 0 Å². The molecule has 0 spiro atoms. The molecule has 1 aromatic carbocycles. The lowest BCUT2D eigenvalue weighted by Crippen LogP contribution is -2.12. The lowest BCUT2D eigenvalue weighted by Gasteiger charge is -2.05. The van der Waals surface area contributed by atoms with E-state index in [9.17, 15) is 4.79 Å². The predicted octanol–water partition coefficient (Wildman–Crippen LogP) is 4.06. The van der Waals surface area contributed by atoms with Crippen molar-refractivity contribution in [2.24, 2.45) is 0 Å². The maximum atomic E-state index is 12.3. The number of carbonyl (C=O) groups is 1. The lowest BCUT2D eigenvalue weighted by atomic mass is 10.1. The highest BCUT2D eigenvalue weighted by molar-refractivity contribution is 7.12. The highest BCUT2D eigenvalue weighted by atomic mass is 32.1. The molecule has 2 aromatic heterocycles. The molecule has 0 aliphatic carbocycles. The van der Waals surface area contributed by atoms with Gasteiger partial charge in [-0.25, -0.2) is 4.98 Å². The SMILES string of the molecule is O=C(Nc1ccccn1)c1sccc1-c1ccccc1. The van der Waals surface area contributed by atoms with E-state index >= 15 is 0 Å². The van der Waals surface area contributed by atoms with Crippen LogP contribution in [-0.2, 0) is 0 Å². The van der Waals surface area contributed by atoms with Crippen molar-refractivity contribution < 1.29 is 4.79 Å². The summed E-state index contributed by atoms with van der Waals surface area (Å²) in [5.74, 6) is 0.433. The third-order valence-corrected chi connectivity index (χ3v) is 3.78. The van der Waals surface area contributed by atoms with Crippen molar-refractivity contribution >= 4 is 23.1 Å². The molecule has 0 saturated carbocycles. The molecule has 20 heavy (non-hydrogen) atoms. The van der Waals surface area contributed by atoms with Crippen LogP contribution in [0.1, 0.15) is 9.67 Å². The normalized spacial score (nSPS) is 10.2. The van der Waals surface area contributed by atoms with Gasteiger partial charge in [0.1, 0.15) is 10.7 Å². The van der Waals surface area contributed by atoms with Crippen molar-refractivity contribution in [3.05, 3.63) is 71.1 Å². The van der Waals surface area contributed by atoms with E-state index < -0.39 is 0 Å². The van der Waals surface area contributed by atoms with Gasteiger partial charge in [-0.05, 0) is 29.1 Å². The summed E-state index contributed by atoms with van der Waals surface area (Å²) in [6, 6.07) is 17.3. The Balaban J connectivity index is 1.88. The number of rotatable bonds is 3. The molecule has 3 nitrogen and oxygen atoms in total. The van der Waals surface area contributed by atoms with Gasteiger partial charge < -0.3 is 5.32 Å². The fourth-order valence-electron chi connectivity index (χ4n) is 1.94. The number of anilines is 1. The Labute approximate surface area is 120 Å². The van der Waals surface area contributed by atoms with Crippen LogP contribution in [-0.4, -0.2) is 10.9 Å². The van der Waals surface area contributed by atoms with Crippen LogP contribution < -0.4 is 5.32 Å². The van der Waals surface area contributed by atoms with E-state index in [0.29, 0.717) is 10.7 Å². The highest BCUT2D eigenvalue weighted by Crippen LogP contribution is 2.28. The number of carbonyl (C=O) groups excluding carboxylic acids is 1. The molecule has 0 fully saturated rings. The van der Waals surface area contributed by atoms with Gasteiger partial charge in [0, 0.05) is 11.8 Å². The second-order valence-corrected chi connectivity index (χ2v) is 5.11. The number of amides is 1. The average molecular weight is 280 g/mol. The first kappa shape index (κ1) is 12.6. The minimum absolute atomic E-state index is 0.127. The Bertz CT molecular complexity index is 708. The van der Waals surface area contributed by atoms with E-state index in [1.807, 2.05) is 53.9 Å². The quantitative estimate of drug-likeness (QED) is 0.786. The molecule has 1 amide bonds. The van der Waals surface area contributed by atoms with Crippen molar-refractivity contribution in [3.8, 4) is 11.1 Å². The van der Waals surface area contributed by atoms with E-state index in [2.05, 4.69) is 10.3 Å². The zero-order valence-corrected chi connectivity index (χ0v) is 11.4. The van der Waals surface area contributed by atoms with Crippen molar-refractivity contribution in [1.29, 1.82) is 0 Å². The van der Waals surface area contributed by atoms with E-state index in [1.165, 1.54) is 11.3 Å². The second kappa shape index (κ2) is 5.67. The molecule has 0 unspecified atom stereocenters. The van der Waals surface area contributed by atoms with Gasteiger partial charge in [0.2, 0.25) is 0 Å². The number of hydrogen-bond acceptors (Lipinski definition) is 3. The number of nitrogens with one attached hydrogen (secondary N) is 1. The summed E-state index contributed by atoms with van der Waals surface area (Å²) in [4.78, 5) is 17.1. The highest BCUT2D eigenvalue weighted by Gasteiger charge is 2.14. The van der Waals surface area contributed by atoms with E-state index in [0.717, 1.165) is 11.1 Å². The summed E-state index contributed by atoms with van der Waals surface area (Å²) in [5.41, 5.74) is 1.99. The number of hydrogen-bond donors (Lipinski definition) is 1. The molecule has 4 heteroatoms. The largest absolute Gasteiger partial charge is 0.306 e. The summed E-state index contributed by atoms with van der Waals surface area (Å²) >= 11 is 1.43. The van der Waals surface area contributed by atoms with Gasteiger partial charge in [-0.15, -0.1) is 11.3 Å². The lowest BCUT2D eigenvalue weighted by molar-refractivity contribution is 0.103. The monoisotopic (exact) mass is 280 g/mol. The maximum absolute atomic E-state index is 12.3. The number of pyridine rings is 1. The number of thiophene rings is 1. The topological polar surface area (TPSA) is 42.0 Å². The molecule has 2 heterocycles. The molecule has 0 aliphatic heterocycles. The molecule has 0 saturated heterocycles. The standard InChI is InChI=1S/C16H12N2OS/c19-16(18-14-8-4-5-10-17-14)15-13(9-11-20-15)12-6-2-1-3-7-12/h1-11H,(H,17,18,19). The summed E-state index contributed by atoms with van der Waals surface area (Å²) in [7, 11) is 0. The molecular weight excluding hydrogens is 268 g/mol. The number of aromatic nitrogens is 1. The Morgan fingerprint density at radius 2 is 1.80 bits per heavy atom. The van der Waals surface area contributed by atoms with Crippen LogP contribution in [0.3, 0.4) is 0 Å². The van der Waals surface area contributed by atoms with Crippen LogP contribution in [0.15, 0.2) is 66.2 Å². The first-order valence-corrected chi connectivity index (χ1v) is 7.08. The van der Waals surface area contributed by atoms with Crippen LogP contribution in [0.4, 0.5) is 5.82 Å². The van der Waals surface area contributed by atoms with Gasteiger partial charge in [0.05, 0.1) is 0 Å². The second-order valence-electron chi connectivity index (χ2n) is 4.20. The van der Waals surface area contributed by atoms with Gasteiger partial charge in [-0.1, -0.05) is 36.4 Å². The van der Waals surface area contributed by atoms with Gasteiger partial charge in [-0.2, -0.15) is 0 Å². The van der Waals surface area contributed by atoms with Gasteiger partial charge in [-0.3, -0.25) is 4.79 Å². The zero-order valence-electron chi connectivity index (χ0n) is 10.6. The fourth-order valence-corrected chi connectivity index (χ4v) is 2.75. The smallest absolute Gasteiger partial charge is 0.267 e. The van der Waals surface area contributed by atoms with Crippen molar-refractivity contribution in [2.75, 3.05) is 5.32 Å². The molecular formula is C16H12N2OS. The van der Waals surface area contributed by atoms with Crippen LogP contribution in [0.5, 0.6) is 0 Å². The molecule has 0 bridgehead atoms. The van der Waals surface area contributed by atoms with E-state index in [4.69, 9.17) is 0 Å². The van der Waals surface area contributed by atoms with Crippen LogP contribution in [0.25, 0.3) is 11.1 Å². The maximum Gasteiger partial charge on any atom is 0.267 e. The first-order chi connectivity index (χ1) is 9.84. The molecule has 3 rings (SSSR count). The summed E-state index contributed by atoms with van der Waals surface area (Å²) in [5, 5.41) is 4.74. The molecule has 0 radical (unpaired) electrons. The van der Waals surface area contributed by atoms with Gasteiger partial charge in [0.25, 0.3) is 5.91 Å². The third kappa shape index (κ3) is 2.60. The molecule has 3 aromatic rings. The summed E-state index contributed by atoms with van der Waals surface area (Å²) in [6.07, 6.45) is 1.65. The number of nitrogens with zero attached hydrogens (tertiary/aromatic N) is 1. The third-order valence-electron chi connectivity index (χ3n) is 2.86. The Morgan fingerprint density at radius 1 is 1.00 bits per heavy atom. The Morgan fingerprint density at radius 3 is 2.55 bits per heavy atom. The molecule has 0 atom stereocenters. The Kier molecular flexibility index (Phi) is 3.56. The fraction of sp³-hybridized carbons (Fsp3) is 0. The zero-order chi connectivity index (χ0) is 13.8. The first-order valence-electron chi connectivity index (χ1n) is 6.20. The predicted molar refractivity (Wildman–Crippen MR) is 81.9 cm³/mol.